The molecule has 4 nitrogen and oxygen atoms in total. The highest BCUT2D eigenvalue weighted by molar-refractivity contribution is 6.03. The Morgan fingerprint density at radius 2 is 1.59 bits per heavy atom. The van der Waals surface area contributed by atoms with Crippen LogP contribution in [-0.4, -0.2) is 5.78 Å². The van der Waals surface area contributed by atoms with Crippen LogP contribution in [0.3, 0.4) is 0 Å². The monoisotopic (exact) mass is 378 g/mol. The summed E-state index contributed by atoms with van der Waals surface area (Å²) >= 11 is 0. The molecule has 4 rings (SSSR count). The van der Waals surface area contributed by atoms with Crippen LogP contribution < -0.4 is 0 Å². The van der Waals surface area contributed by atoms with E-state index in [0.717, 1.165) is 11.1 Å². The highest BCUT2D eigenvalue weighted by Gasteiger charge is 2.56. The summed E-state index contributed by atoms with van der Waals surface area (Å²) in [6, 6.07) is 26.8. The number of Topliss-reactive ketones (excluding diaryl/α,β-unsaturated/α-hetero) is 1. The Morgan fingerprint density at radius 1 is 0.931 bits per heavy atom. The van der Waals surface area contributed by atoms with Crippen LogP contribution in [0.4, 0.5) is 0 Å². The third-order valence-corrected chi connectivity index (χ3v) is 5.55. The lowest BCUT2D eigenvalue weighted by Gasteiger charge is -2.40. The smallest absolute Gasteiger partial charge is 0.165 e. The first kappa shape index (κ1) is 18.5. The van der Waals surface area contributed by atoms with Crippen molar-refractivity contribution in [1.29, 1.82) is 10.5 Å². The fourth-order valence-electron chi connectivity index (χ4n) is 4.17. The molecule has 0 bridgehead atoms. The van der Waals surface area contributed by atoms with E-state index in [9.17, 15) is 15.3 Å². The number of furan rings is 1. The van der Waals surface area contributed by atoms with Crippen molar-refractivity contribution in [2.45, 2.75) is 18.3 Å². The van der Waals surface area contributed by atoms with E-state index in [4.69, 9.17) is 4.42 Å². The van der Waals surface area contributed by atoms with Gasteiger partial charge in [-0.2, -0.15) is 10.5 Å². The zero-order valence-electron chi connectivity index (χ0n) is 15.7. The van der Waals surface area contributed by atoms with Crippen LogP contribution in [0, 0.1) is 28.1 Å². The number of carbonyl (C=O) groups excluding carboxylic acids is 1. The fourth-order valence-corrected chi connectivity index (χ4v) is 4.17. The molecule has 1 aliphatic rings. The Morgan fingerprint density at radius 3 is 2.17 bits per heavy atom. The summed E-state index contributed by atoms with van der Waals surface area (Å²) in [6.45, 7) is 0. The standard InChI is InChI=1S/C25H18N2O2/c26-16-25(17-27)21(19-10-5-2-6-11-19)15-22(28)20(14-18-8-3-1-4-9-18)24(25)23-12-7-13-29-23/h1-14,21,24H,15H2/b20-14-/t21-,24-/m0/s1. The maximum atomic E-state index is 13.3. The lowest BCUT2D eigenvalue weighted by atomic mass is 9.56. The summed E-state index contributed by atoms with van der Waals surface area (Å²) in [4.78, 5) is 13.3. The molecule has 2 atom stereocenters. The fraction of sp³-hybridized carbons (Fsp3) is 0.160. The third kappa shape index (κ3) is 3.16. The van der Waals surface area contributed by atoms with Crippen molar-refractivity contribution in [2.24, 2.45) is 5.41 Å². The average Bonchev–Trinajstić information content (AvgIpc) is 3.30. The number of allylic oxidation sites excluding steroid dienone is 1. The first-order valence-electron chi connectivity index (χ1n) is 9.40. The van der Waals surface area contributed by atoms with E-state index in [1.807, 2.05) is 60.7 Å². The number of ketones is 1. The van der Waals surface area contributed by atoms with E-state index in [2.05, 4.69) is 12.1 Å². The zero-order valence-corrected chi connectivity index (χ0v) is 15.7. The summed E-state index contributed by atoms with van der Waals surface area (Å²) in [5.74, 6) is -0.956. The molecule has 1 saturated carbocycles. The van der Waals surface area contributed by atoms with Gasteiger partial charge in [-0.25, -0.2) is 0 Å². The molecule has 4 heteroatoms. The van der Waals surface area contributed by atoms with E-state index >= 15 is 0 Å². The van der Waals surface area contributed by atoms with Crippen LogP contribution >= 0.6 is 0 Å². The summed E-state index contributed by atoms with van der Waals surface area (Å²) in [6.07, 6.45) is 3.38. The van der Waals surface area contributed by atoms with Crippen LogP contribution in [0.5, 0.6) is 0 Å². The van der Waals surface area contributed by atoms with Gasteiger partial charge in [0.05, 0.1) is 24.3 Å². The molecule has 0 spiro atoms. The molecular weight excluding hydrogens is 360 g/mol. The molecule has 140 valence electrons. The maximum absolute atomic E-state index is 13.3. The number of hydrogen-bond acceptors (Lipinski definition) is 4. The molecule has 1 aromatic heterocycles. The van der Waals surface area contributed by atoms with Crippen molar-refractivity contribution in [3.05, 3.63) is 102 Å². The second-order valence-corrected chi connectivity index (χ2v) is 7.14. The number of nitriles is 2. The van der Waals surface area contributed by atoms with Gasteiger partial charge in [-0.1, -0.05) is 60.7 Å². The average molecular weight is 378 g/mol. The molecular formula is C25H18N2O2. The van der Waals surface area contributed by atoms with Gasteiger partial charge in [-0.05, 0) is 29.3 Å². The Labute approximate surface area is 169 Å². The minimum atomic E-state index is -1.46. The largest absolute Gasteiger partial charge is 0.469 e. The second-order valence-electron chi connectivity index (χ2n) is 7.14. The molecule has 0 amide bonds. The molecule has 0 N–H and O–H groups in total. The maximum Gasteiger partial charge on any atom is 0.165 e. The van der Waals surface area contributed by atoms with Gasteiger partial charge in [0.15, 0.2) is 11.2 Å². The van der Waals surface area contributed by atoms with Gasteiger partial charge in [0.1, 0.15) is 5.76 Å². The van der Waals surface area contributed by atoms with Gasteiger partial charge in [-0.3, -0.25) is 4.79 Å². The Hall–Kier alpha value is -3.89. The van der Waals surface area contributed by atoms with Gasteiger partial charge >= 0.3 is 0 Å². The number of benzene rings is 2. The topological polar surface area (TPSA) is 77.8 Å². The molecule has 1 heterocycles. The van der Waals surface area contributed by atoms with Crippen molar-refractivity contribution in [1.82, 2.24) is 0 Å². The van der Waals surface area contributed by atoms with Gasteiger partial charge in [0, 0.05) is 17.9 Å². The van der Waals surface area contributed by atoms with Crippen molar-refractivity contribution < 1.29 is 9.21 Å². The van der Waals surface area contributed by atoms with Gasteiger partial charge < -0.3 is 4.42 Å². The van der Waals surface area contributed by atoms with Crippen molar-refractivity contribution in [3.63, 3.8) is 0 Å². The highest BCUT2D eigenvalue weighted by atomic mass is 16.3. The lowest BCUT2D eigenvalue weighted by molar-refractivity contribution is -0.118. The predicted molar refractivity (Wildman–Crippen MR) is 108 cm³/mol. The summed E-state index contributed by atoms with van der Waals surface area (Å²) in [5.41, 5.74) is 0.615. The number of rotatable bonds is 3. The van der Waals surface area contributed by atoms with E-state index in [1.165, 1.54) is 6.26 Å². The van der Waals surface area contributed by atoms with Crippen molar-refractivity contribution in [2.75, 3.05) is 0 Å². The number of carbonyl (C=O) groups is 1. The summed E-state index contributed by atoms with van der Waals surface area (Å²) < 4.78 is 5.64. The Bertz CT molecular complexity index is 1100. The van der Waals surface area contributed by atoms with Gasteiger partial charge in [-0.15, -0.1) is 0 Å². The molecule has 2 aromatic carbocycles. The van der Waals surface area contributed by atoms with E-state index < -0.39 is 17.3 Å². The Balaban J connectivity index is 1.95. The van der Waals surface area contributed by atoms with Gasteiger partial charge in [0.25, 0.3) is 0 Å². The Kier molecular flexibility index (Phi) is 4.85. The number of nitrogens with zero attached hydrogens (tertiary/aromatic N) is 2. The normalized spacial score (nSPS) is 22.0. The summed E-state index contributed by atoms with van der Waals surface area (Å²) in [5, 5.41) is 20.5. The SMILES string of the molecule is N#CC1(C#N)[C@H](c2ccccc2)CC(=O)/C(=C/c2ccccc2)[C@H]1c1ccco1. The van der Waals surface area contributed by atoms with Crippen molar-refractivity contribution in [3.8, 4) is 12.1 Å². The minimum absolute atomic E-state index is 0.0785. The van der Waals surface area contributed by atoms with Crippen LogP contribution in [0.15, 0.2) is 89.0 Å². The molecule has 0 unspecified atom stereocenters. The minimum Gasteiger partial charge on any atom is -0.469 e. The summed E-state index contributed by atoms with van der Waals surface area (Å²) in [7, 11) is 0. The third-order valence-electron chi connectivity index (χ3n) is 5.55. The predicted octanol–water partition coefficient (Wildman–Crippen LogP) is 5.24. The first-order chi connectivity index (χ1) is 14.2. The van der Waals surface area contributed by atoms with E-state index in [1.54, 1.807) is 18.2 Å². The first-order valence-corrected chi connectivity index (χ1v) is 9.40. The van der Waals surface area contributed by atoms with Crippen LogP contribution in [0.2, 0.25) is 0 Å². The quantitative estimate of drug-likeness (QED) is 0.584. The van der Waals surface area contributed by atoms with E-state index in [-0.39, 0.29) is 12.2 Å². The number of hydrogen-bond donors (Lipinski definition) is 0. The molecule has 1 fully saturated rings. The van der Waals surface area contributed by atoms with Gasteiger partial charge in [0.2, 0.25) is 0 Å². The zero-order chi connectivity index (χ0) is 20.3. The molecule has 0 radical (unpaired) electrons. The molecule has 3 aromatic rings. The molecule has 0 saturated heterocycles. The van der Waals surface area contributed by atoms with Crippen molar-refractivity contribution >= 4 is 11.9 Å². The molecule has 0 aliphatic heterocycles. The highest BCUT2D eigenvalue weighted by Crippen LogP contribution is 2.55. The lowest BCUT2D eigenvalue weighted by Crippen LogP contribution is -2.41. The van der Waals surface area contributed by atoms with Crippen LogP contribution in [0.1, 0.15) is 35.1 Å². The van der Waals surface area contributed by atoms with E-state index in [0.29, 0.717) is 11.3 Å². The van der Waals surface area contributed by atoms with Crippen LogP contribution in [-0.2, 0) is 4.79 Å². The molecule has 29 heavy (non-hydrogen) atoms. The second kappa shape index (κ2) is 7.62. The van der Waals surface area contributed by atoms with Crippen LogP contribution in [0.25, 0.3) is 6.08 Å². The molecule has 1 aliphatic carbocycles.